The van der Waals surface area contributed by atoms with E-state index in [1.54, 1.807) is 42.3 Å². The van der Waals surface area contributed by atoms with Crippen molar-refractivity contribution in [3.8, 4) is 11.5 Å². The predicted octanol–water partition coefficient (Wildman–Crippen LogP) is 3.62. The zero-order chi connectivity index (χ0) is 23.1. The van der Waals surface area contributed by atoms with E-state index < -0.39 is 10.0 Å². The van der Waals surface area contributed by atoms with Crippen LogP contribution in [0.3, 0.4) is 0 Å². The van der Waals surface area contributed by atoms with Crippen molar-refractivity contribution in [3.63, 3.8) is 0 Å². The highest BCUT2D eigenvalue weighted by atomic mass is 32.2. The van der Waals surface area contributed by atoms with Crippen LogP contribution < -0.4 is 19.5 Å². The second-order valence-electron chi connectivity index (χ2n) is 7.77. The Balaban J connectivity index is 1.50. The molecule has 0 aliphatic carbocycles. The summed E-state index contributed by atoms with van der Waals surface area (Å²) in [4.78, 5) is 14.6. The van der Waals surface area contributed by atoms with Crippen molar-refractivity contribution >= 4 is 21.7 Å². The first-order valence-corrected chi connectivity index (χ1v) is 12.2. The van der Waals surface area contributed by atoms with Crippen LogP contribution in [0.2, 0.25) is 0 Å². The maximum atomic E-state index is 12.7. The lowest BCUT2D eigenvalue weighted by molar-refractivity contribution is 0.183. The highest BCUT2D eigenvalue weighted by Crippen LogP contribution is 2.25. The largest absolute Gasteiger partial charge is 0.495 e. The van der Waals surface area contributed by atoms with Crippen LogP contribution in [0.15, 0.2) is 47.4 Å². The summed E-state index contributed by atoms with van der Waals surface area (Å²) < 4.78 is 38.9. The van der Waals surface area contributed by atoms with Gasteiger partial charge in [-0.25, -0.2) is 17.9 Å². The van der Waals surface area contributed by atoms with Crippen molar-refractivity contribution in [2.24, 2.45) is 5.92 Å². The minimum absolute atomic E-state index is 0.170. The van der Waals surface area contributed by atoms with Crippen molar-refractivity contribution in [2.75, 3.05) is 38.7 Å². The molecule has 1 saturated heterocycles. The van der Waals surface area contributed by atoms with E-state index >= 15 is 0 Å². The Labute approximate surface area is 190 Å². The molecule has 2 aromatic rings. The van der Waals surface area contributed by atoms with Gasteiger partial charge in [-0.15, -0.1) is 0 Å². The molecular weight excluding hydrogens is 430 g/mol. The van der Waals surface area contributed by atoms with Crippen LogP contribution >= 0.6 is 0 Å². The first-order chi connectivity index (χ1) is 15.3. The van der Waals surface area contributed by atoms with Crippen molar-refractivity contribution < 1.29 is 22.7 Å². The minimum Gasteiger partial charge on any atom is -0.495 e. The molecule has 8 nitrogen and oxygen atoms in total. The Hall–Kier alpha value is -2.78. The number of carbonyl (C=O) groups is 1. The average Bonchev–Trinajstić information content (AvgIpc) is 2.80. The topological polar surface area (TPSA) is 97.0 Å². The van der Waals surface area contributed by atoms with Gasteiger partial charge in [-0.1, -0.05) is 12.1 Å². The summed E-state index contributed by atoms with van der Waals surface area (Å²) in [6.45, 7) is 5.72. The fourth-order valence-electron chi connectivity index (χ4n) is 3.70. The van der Waals surface area contributed by atoms with E-state index in [9.17, 15) is 13.2 Å². The molecule has 0 radical (unpaired) electrons. The molecule has 0 aromatic heterocycles. The third-order valence-corrected chi connectivity index (χ3v) is 6.99. The summed E-state index contributed by atoms with van der Waals surface area (Å²) in [5.74, 6) is 1.46. The molecule has 1 heterocycles. The average molecular weight is 462 g/mol. The third-order valence-electron chi connectivity index (χ3n) is 5.57. The van der Waals surface area contributed by atoms with Gasteiger partial charge in [0.2, 0.25) is 10.0 Å². The van der Waals surface area contributed by atoms with Crippen molar-refractivity contribution in [2.45, 2.75) is 31.6 Å². The number of ether oxygens (including phenoxy) is 2. The molecule has 3 rings (SSSR count). The lowest BCUT2D eigenvalue weighted by Gasteiger charge is -2.32. The number of urea groups is 1. The first kappa shape index (κ1) is 23.9. The summed E-state index contributed by atoms with van der Waals surface area (Å²) in [5.41, 5.74) is 1.41. The summed E-state index contributed by atoms with van der Waals surface area (Å²) in [6, 6.07) is 12.0. The Morgan fingerprint density at radius 2 is 1.84 bits per heavy atom. The number of nitrogens with one attached hydrogen (secondary N) is 2. The zero-order valence-corrected chi connectivity index (χ0v) is 19.6. The van der Waals surface area contributed by atoms with Gasteiger partial charge >= 0.3 is 6.03 Å². The number of para-hydroxylation sites is 2. The number of nitrogens with zero attached hydrogens (tertiary/aromatic N) is 1. The number of hydrogen-bond donors (Lipinski definition) is 2. The number of benzene rings is 2. The second-order valence-corrected chi connectivity index (χ2v) is 9.54. The molecule has 0 bridgehead atoms. The van der Waals surface area contributed by atoms with E-state index in [0.717, 1.165) is 18.4 Å². The van der Waals surface area contributed by atoms with Crippen LogP contribution in [-0.4, -0.2) is 52.7 Å². The van der Waals surface area contributed by atoms with Crippen molar-refractivity contribution in [1.82, 2.24) is 9.62 Å². The molecule has 2 aromatic carbocycles. The van der Waals surface area contributed by atoms with Crippen LogP contribution in [-0.2, 0) is 10.0 Å². The summed E-state index contributed by atoms with van der Waals surface area (Å²) in [5, 5.41) is 2.88. The molecule has 1 fully saturated rings. The van der Waals surface area contributed by atoms with Crippen molar-refractivity contribution in [3.05, 3.63) is 48.0 Å². The summed E-state index contributed by atoms with van der Waals surface area (Å²) in [6.07, 6.45) is 1.45. The molecule has 2 amide bonds. The molecule has 174 valence electrons. The van der Waals surface area contributed by atoms with Gasteiger partial charge in [0.25, 0.3) is 0 Å². The fraction of sp³-hybridized carbons (Fsp3) is 0.435. The molecule has 9 heteroatoms. The Kier molecular flexibility index (Phi) is 7.98. The summed E-state index contributed by atoms with van der Waals surface area (Å²) in [7, 11) is -2.04. The van der Waals surface area contributed by atoms with E-state index in [4.69, 9.17) is 9.47 Å². The highest BCUT2D eigenvalue weighted by molar-refractivity contribution is 7.89. The van der Waals surface area contributed by atoms with E-state index in [-0.39, 0.29) is 16.8 Å². The maximum Gasteiger partial charge on any atom is 0.321 e. The van der Waals surface area contributed by atoms with Crippen LogP contribution in [0, 0.1) is 12.8 Å². The quantitative estimate of drug-likeness (QED) is 0.626. The SMILES string of the molecule is CCOc1ccc(S(=O)(=O)NCC2CCN(C(=O)Nc3ccccc3OC)CC2)cc1C. The number of methoxy groups -OCH3 is 1. The van der Waals surface area contributed by atoms with Crippen LogP contribution in [0.4, 0.5) is 10.5 Å². The number of likely N-dealkylation sites (tertiary alicyclic amines) is 1. The minimum atomic E-state index is -3.60. The van der Waals surface area contributed by atoms with Crippen LogP contribution in [0.1, 0.15) is 25.3 Å². The van der Waals surface area contributed by atoms with Crippen molar-refractivity contribution in [1.29, 1.82) is 0 Å². The molecule has 0 unspecified atom stereocenters. The fourth-order valence-corrected chi connectivity index (χ4v) is 4.90. The first-order valence-electron chi connectivity index (χ1n) is 10.8. The van der Waals surface area contributed by atoms with Crippen LogP contribution in [0.5, 0.6) is 11.5 Å². The number of amides is 2. The molecule has 1 aliphatic rings. The van der Waals surface area contributed by atoms with E-state index in [0.29, 0.717) is 43.4 Å². The van der Waals surface area contributed by atoms with Gasteiger partial charge in [0.05, 0.1) is 24.3 Å². The molecule has 1 aliphatic heterocycles. The number of anilines is 1. The Morgan fingerprint density at radius 1 is 1.12 bits per heavy atom. The number of hydrogen-bond acceptors (Lipinski definition) is 5. The Morgan fingerprint density at radius 3 is 2.50 bits per heavy atom. The van der Waals surface area contributed by atoms with Gasteiger partial charge in [0, 0.05) is 19.6 Å². The predicted molar refractivity (Wildman–Crippen MR) is 124 cm³/mol. The van der Waals surface area contributed by atoms with Gasteiger partial charge in [0.1, 0.15) is 11.5 Å². The lowest BCUT2D eigenvalue weighted by Crippen LogP contribution is -2.43. The molecule has 32 heavy (non-hydrogen) atoms. The van der Waals surface area contributed by atoms with E-state index in [1.165, 1.54) is 0 Å². The van der Waals surface area contributed by atoms with Gasteiger partial charge in [-0.2, -0.15) is 0 Å². The number of sulfonamides is 1. The number of rotatable bonds is 8. The standard InChI is InChI=1S/C23H31N3O5S/c1-4-31-21-10-9-19(15-17(21)2)32(28,29)24-16-18-11-13-26(14-12-18)23(27)25-20-7-5-6-8-22(20)30-3/h5-10,15,18,24H,4,11-14,16H2,1-3H3,(H,25,27). The monoisotopic (exact) mass is 461 g/mol. The molecule has 0 spiro atoms. The van der Waals surface area contributed by atoms with E-state index in [2.05, 4.69) is 10.0 Å². The maximum absolute atomic E-state index is 12.7. The normalized spacial score (nSPS) is 14.8. The molecule has 0 atom stereocenters. The van der Waals surface area contributed by atoms with Gasteiger partial charge in [-0.3, -0.25) is 0 Å². The zero-order valence-electron chi connectivity index (χ0n) is 18.8. The number of aryl methyl sites for hydroxylation is 1. The lowest BCUT2D eigenvalue weighted by atomic mass is 9.97. The molecule has 0 saturated carbocycles. The third kappa shape index (κ3) is 5.92. The molecular formula is C23H31N3O5S. The Bertz CT molecular complexity index is 1030. The van der Waals surface area contributed by atoms with E-state index in [1.807, 2.05) is 26.0 Å². The molecule has 2 N–H and O–H groups in total. The summed E-state index contributed by atoms with van der Waals surface area (Å²) >= 11 is 0. The smallest absolute Gasteiger partial charge is 0.321 e. The van der Waals surface area contributed by atoms with Gasteiger partial charge in [-0.05, 0) is 68.5 Å². The van der Waals surface area contributed by atoms with Gasteiger partial charge in [0.15, 0.2) is 0 Å². The number of carbonyl (C=O) groups excluding carboxylic acids is 1. The van der Waals surface area contributed by atoms with Gasteiger partial charge < -0.3 is 19.7 Å². The van der Waals surface area contributed by atoms with Crippen LogP contribution in [0.25, 0.3) is 0 Å². The number of piperidine rings is 1. The second kappa shape index (κ2) is 10.7. The highest BCUT2D eigenvalue weighted by Gasteiger charge is 2.25.